The van der Waals surface area contributed by atoms with E-state index in [9.17, 15) is 10.2 Å². The summed E-state index contributed by atoms with van der Waals surface area (Å²) in [4.78, 5) is 0. The second-order valence-electron chi connectivity index (χ2n) is 9.65. The van der Waals surface area contributed by atoms with Crippen molar-refractivity contribution >= 4 is 0 Å². The van der Waals surface area contributed by atoms with Crippen LogP contribution < -0.4 is 0 Å². The van der Waals surface area contributed by atoms with Crippen molar-refractivity contribution in [2.75, 3.05) is 0 Å². The summed E-state index contributed by atoms with van der Waals surface area (Å²) in [6, 6.07) is 0. The van der Waals surface area contributed by atoms with Crippen LogP contribution in [0.5, 0.6) is 0 Å². The van der Waals surface area contributed by atoms with Crippen LogP contribution in [-0.2, 0) is 0 Å². The molecule has 2 N–H and O–H groups in total. The topological polar surface area (TPSA) is 40.5 Å². The van der Waals surface area contributed by atoms with Crippen LogP contribution in [0.15, 0.2) is 23.8 Å². The van der Waals surface area contributed by atoms with E-state index in [1.165, 1.54) is 6.42 Å². The Morgan fingerprint density at radius 2 is 2.12 bits per heavy atom. The van der Waals surface area contributed by atoms with Crippen LogP contribution in [0.2, 0.25) is 0 Å². The SMILES string of the molecule is C#C[C@@]1(O)CC[C@H]2[C@@H]3CCC4=C(CC[C@@H](O)C4)[C@H]3[C@@H](CCC=C)C[C@@]21C. The average molecular weight is 355 g/mol. The van der Waals surface area contributed by atoms with Crippen molar-refractivity contribution in [3.63, 3.8) is 0 Å². The summed E-state index contributed by atoms with van der Waals surface area (Å²) in [5.41, 5.74) is 2.15. The van der Waals surface area contributed by atoms with E-state index in [-0.39, 0.29) is 11.5 Å². The van der Waals surface area contributed by atoms with Gasteiger partial charge in [-0.05, 0) is 87.9 Å². The molecule has 0 amide bonds. The lowest BCUT2D eigenvalue weighted by Crippen LogP contribution is -2.54. The number of allylic oxidation sites excluding steroid dienone is 2. The van der Waals surface area contributed by atoms with E-state index in [1.807, 2.05) is 6.08 Å². The molecule has 4 rings (SSSR count). The molecule has 2 saturated carbocycles. The Kier molecular flexibility index (Phi) is 4.61. The quantitative estimate of drug-likeness (QED) is 0.573. The monoisotopic (exact) mass is 354 g/mol. The highest BCUT2D eigenvalue weighted by molar-refractivity contribution is 5.31. The normalized spacial score (nSPS) is 47.5. The molecule has 0 aromatic carbocycles. The van der Waals surface area contributed by atoms with Gasteiger partial charge in [0.2, 0.25) is 0 Å². The molecule has 7 atom stereocenters. The zero-order valence-electron chi connectivity index (χ0n) is 16.2. The second kappa shape index (κ2) is 6.54. The van der Waals surface area contributed by atoms with Crippen molar-refractivity contribution in [1.29, 1.82) is 0 Å². The van der Waals surface area contributed by atoms with E-state index in [1.54, 1.807) is 11.1 Å². The maximum Gasteiger partial charge on any atom is 0.130 e. The standard InChI is InChI=1S/C24H34O2/c1-4-6-7-17-15-23(3)21(12-13-24(23,26)5-2)20-10-8-16-14-18(25)9-11-19(16)22(17)20/h2,4,17-18,20-22,25-26H,1,6-15H2,3H3/t17-,18+,20-,21-,22+,23-,24+/m0/s1. The lowest BCUT2D eigenvalue weighted by Gasteiger charge is -2.56. The van der Waals surface area contributed by atoms with Crippen LogP contribution in [0.25, 0.3) is 0 Å². The van der Waals surface area contributed by atoms with Crippen molar-refractivity contribution in [3.05, 3.63) is 23.8 Å². The van der Waals surface area contributed by atoms with Crippen LogP contribution in [-0.4, -0.2) is 21.9 Å². The molecular weight excluding hydrogens is 320 g/mol. The van der Waals surface area contributed by atoms with Crippen molar-refractivity contribution in [2.45, 2.75) is 82.8 Å². The van der Waals surface area contributed by atoms with Crippen molar-refractivity contribution in [1.82, 2.24) is 0 Å². The van der Waals surface area contributed by atoms with Gasteiger partial charge in [-0.1, -0.05) is 30.1 Å². The Balaban J connectivity index is 1.73. The third-order valence-corrected chi connectivity index (χ3v) is 8.60. The number of aliphatic hydroxyl groups excluding tert-OH is 1. The first-order valence-electron chi connectivity index (χ1n) is 10.6. The van der Waals surface area contributed by atoms with Gasteiger partial charge in [0, 0.05) is 5.41 Å². The Bertz CT molecular complexity index is 656. The zero-order chi connectivity index (χ0) is 18.5. The molecule has 142 valence electrons. The Morgan fingerprint density at radius 3 is 2.85 bits per heavy atom. The Labute approximate surface area is 158 Å². The summed E-state index contributed by atoms with van der Waals surface area (Å²) in [5, 5.41) is 21.4. The van der Waals surface area contributed by atoms with Gasteiger partial charge in [-0.2, -0.15) is 0 Å². The third-order valence-electron chi connectivity index (χ3n) is 8.60. The summed E-state index contributed by atoms with van der Waals surface area (Å²) in [6.45, 7) is 6.22. The number of fused-ring (bicyclic) bond motifs is 4. The number of terminal acetylenes is 1. The largest absolute Gasteiger partial charge is 0.393 e. The summed E-state index contributed by atoms with van der Waals surface area (Å²) >= 11 is 0. The average Bonchev–Trinajstić information content (AvgIpc) is 2.90. The molecule has 26 heavy (non-hydrogen) atoms. The van der Waals surface area contributed by atoms with Crippen molar-refractivity contribution < 1.29 is 10.2 Å². The predicted molar refractivity (Wildman–Crippen MR) is 105 cm³/mol. The van der Waals surface area contributed by atoms with Crippen molar-refractivity contribution in [2.24, 2.45) is 29.1 Å². The highest BCUT2D eigenvalue weighted by atomic mass is 16.3. The third kappa shape index (κ3) is 2.54. The lowest BCUT2D eigenvalue weighted by atomic mass is 9.48. The number of hydrogen-bond donors (Lipinski definition) is 2. The van der Waals surface area contributed by atoms with E-state index in [0.29, 0.717) is 23.7 Å². The first kappa shape index (κ1) is 18.3. The second-order valence-corrected chi connectivity index (χ2v) is 9.65. The minimum atomic E-state index is -0.938. The van der Waals surface area contributed by atoms with Gasteiger partial charge in [0.1, 0.15) is 5.60 Å². The lowest BCUT2D eigenvalue weighted by molar-refractivity contribution is -0.0943. The smallest absolute Gasteiger partial charge is 0.130 e. The van der Waals surface area contributed by atoms with Crippen LogP contribution in [0.3, 0.4) is 0 Å². The van der Waals surface area contributed by atoms with E-state index in [4.69, 9.17) is 6.42 Å². The molecule has 0 aromatic heterocycles. The molecule has 0 radical (unpaired) electrons. The number of hydrogen-bond acceptors (Lipinski definition) is 2. The fourth-order valence-corrected chi connectivity index (χ4v) is 7.35. The molecule has 0 aromatic rings. The maximum absolute atomic E-state index is 11.3. The minimum absolute atomic E-state index is 0.135. The van der Waals surface area contributed by atoms with E-state index < -0.39 is 5.60 Å². The van der Waals surface area contributed by atoms with Crippen LogP contribution in [0.1, 0.15) is 71.1 Å². The highest BCUT2D eigenvalue weighted by Crippen LogP contribution is 2.66. The van der Waals surface area contributed by atoms with Crippen LogP contribution in [0.4, 0.5) is 0 Å². The highest BCUT2D eigenvalue weighted by Gasteiger charge is 2.63. The van der Waals surface area contributed by atoms with Gasteiger partial charge < -0.3 is 10.2 Å². The molecule has 0 saturated heterocycles. The molecular formula is C24H34O2. The zero-order valence-corrected chi connectivity index (χ0v) is 16.2. The summed E-state index contributed by atoms with van der Waals surface area (Å²) in [5.74, 6) is 5.22. The molecule has 0 bridgehead atoms. The fraction of sp³-hybridized carbons (Fsp3) is 0.750. The molecule has 2 nitrogen and oxygen atoms in total. The molecule has 0 spiro atoms. The number of aliphatic hydroxyl groups is 2. The van der Waals surface area contributed by atoms with Gasteiger partial charge >= 0.3 is 0 Å². The van der Waals surface area contributed by atoms with Gasteiger partial charge in [0.25, 0.3) is 0 Å². The minimum Gasteiger partial charge on any atom is -0.393 e. The van der Waals surface area contributed by atoms with E-state index >= 15 is 0 Å². The van der Waals surface area contributed by atoms with Gasteiger partial charge in [-0.3, -0.25) is 0 Å². The Hall–Kier alpha value is -1.04. The summed E-state index contributed by atoms with van der Waals surface area (Å²) in [6.07, 6.45) is 18.0. The van der Waals surface area contributed by atoms with Gasteiger partial charge in [0.05, 0.1) is 6.10 Å². The molecule has 4 aliphatic carbocycles. The predicted octanol–water partition coefficient (Wildman–Crippen LogP) is 4.62. The molecule has 0 aliphatic heterocycles. The van der Waals surface area contributed by atoms with Gasteiger partial charge in [0.15, 0.2) is 0 Å². The van der Waals surface area contributed by atoms with Gasteiger partial charge in [-0.25, -0.2) is 0 Å². The van der Waals surface area contributed by atoms with Gasteiger partial charge in [-0.15, -0.1) is 13.0 Å². The first-order valence-corrected chi connectivity index (χ1v) is 10.6. The van der Waals surface area contributed by atoms with Crippen molar-refractivity contribution in [3.8, 4) is 12.3 Å². The molecule has 2 fully saturated rings. The molecule has 0 unspecified atom stereocenters. The van der Waals surface area contributed by atoms with E-state index in [0.717, 1.165) is 57.8 Å². The summed E-state index contributed by atoms with van der Waals surface area (Å²) < 4.78 is 0. The van der Waals surface area contributed by atoms with E-state index in [2.05, 4.69) is 19.4 Å². The van der Waals surface area contributed by atoms with Crippen LogP contribution in [0, 0.1) is 41.4 Å². The molecule has 2 heteroatoms. The molecule has 4 aliphatic rings. The summed E-state index contributed by atoms with van der Waals surface area (Å²) in [7, 11) is 0. The Morgan fingerprint density at radius 1 is 1.31 bits per heavy atom. The first-order chi connectivity index (χ1) is 12.4. The maximum atomic E-state index is 11.3. The fourth-order valence-electron chi connectivity index (χ4n) is 7.35. The number of rotatable bonds is 3. The van der Waals surface area contributed by atoms with Crippen LogP contribution >= 0.6 is 0 Å². The molecule has 0 heterocycles.